The molecule has 2 unspecified atom stereocenters. The fraction of sp³-hybridized carbons (Fsp3) is 0.400. The Kier molecular flexibility index (Phi) is 9.87. The van der Waals surface area contributed by atoms with E-state index >= 15 is 9.18 Å². The van der Waals surface area contributed by atoms with Crippen LogP contribution in [0.4, 0.5) is 18.0 Å². The Morgan fingerprint density at radius 3 is 2.50 bits per heavy atom. The molecule has 3 heterocycles. The van der Waals surface area contributed by atoms with Crippen LogP contribution in [0.15, 0.2) is 60.1 Å². The van der Waals surface area contributed by atoms with E-state index in [-0.39, 0.29) is 47.4 Å². The lowest BCUT2D eigenvalue weighted by Gasteiger charge is -2.36. The summed E-state index contributed by atoms with van der Waals surface area (Å²) in [6, 6.07) is 7.90. The number of hydrogen-bond donors (Lipinski definition) is 4. The highest BCUT2D eigenvalue weighted by molar-refractivity contribution is 6.33. The van der Waals surface area contributed by atoms with Gasteiger partial charge >= 0.3 is 12.6 Å². The molecule has 2 aromatic heterocycles. The maximum absolute atomic E-state index is 16.4. The van der Waals surface area contributed by atoms with Gasteiger partial charge < -0.3 is 10.4 Å². The highest BCUT2D eigenvalue weighted by Gasteiger charge is 2.55. The van der Waals surface area contributed by atoms with Gasteiger partial charge in [-0.05, 0) is 60.4 Å². The predicted octanol–water partition coefficient (Wildman–Crippen LogP) is 6.67. The van der Waals surface area contributed by atoms with Gasteiger partial charge in [-0.1, -0.05) is 57.5 Å². The van der Waals surface area contributed by atoms with E-state index < -0.39 is 47.3 Å². The molecule has 0 radical (unpaired) electrons. The highest BCUT2D eigenvalue weighted by atomic mass is 35.5. The molecule has 13 nitrogen and oxygen atoms in total. The van der Waals surface area contributed by atoms with Crippen LogP contribution in [-0.4, -0.2) is 64.9 Å². The number of nitrogens with one attached hydrogen (secondary N) is 3. The summed E-state index contributed by atoms with van der Waals surface area (Å²) in [5, 5.41) is 25.8. The van der Waals surface area contributed by atoms with Crippen LogP contribution in [-0.2, 0) is 15.1 Å². The van der Waals surface area contributed by atoms with Gasteiger partial charge in [0.1, 0.15) is 12.1 Å². The topological polar surface area (TPSA) is 170 Å². The van der Waals surface area contributed by atoms with Crippen molar-refractivity contribution in [3.63, 3.8) is 0 Å². The van der Waals surface area contributed by atoms with Crippen molar-refractivity contribution in [2.24, 2.45) is 16.3 Å². The van der Waals surface area contributed by atoms with Crippen LogP contribution >= 0.6 is 11.6 Å². The number of carbonyl (C=O) groups excluding carboxylic acids is 2. The molecule has 3 amide bonds. The van der Waals surface area contributed by atoms with Crippen molar-refractivity contribution < 1.29 is 32.7 Å². The monoisotopic (exact) mass is 739 g/mol. The van der Waals surface area contributed by atoms with Gasteiger partial charge in [0.2, 0.25) is 11.9 Å². The first-order chi connectivity index (χ1) is 24.6. The molecule has 0 saturated heterocycles. The number of aromatic amines is 1. The lowest BCUT2D eigenvalue weighted by atomic mass is 9.75. The molecule has 2 aliphatic rings. The summed E-state index contributed by atoms with van der Waals surface area (Å²) in [7, 11) is 0. The zero-order valence-corrected chi connectivity index (χ0v) is 29.5. The number of nitrogens with zero attached hydrogens (tertiary/aromatic N) is 6. The van der Waals surface area contributed by atoms with Crippen LogP contribution in [0.5, 0.6) is 0 Å². The molecule has 1 aliphatic carbocycles. The molecular weight excluding hydrogens is 703 g/mol. The highest BCUT2D eigenvalue weighted by Crippen LogP contribution is 2.47. The minimum atomic E-state index is -2.90. The van der Waals surface area contributed by atoms with Gasteiger partial charge in [-0.25, -0.2) is 23.8 Å². The third kappa shape index (κ3) is 7.52. The number of halogens is 4. The second-order valence-corrected chi connectivity index (χ2v) is 14.7. The largest absolute Gasteiger partial charge is 0.465 e. The Bertz CT molecular complexity index is 2030. The number of amides is 3. The number of guanidine groups is 1. The zero-order valence-electron chi connectivity index (χ0n) is 28.7. The smallest absolute Gasteiger partial charge is 0.411 e. The Morgan fingerprint density at radius 1 is 1.15 bits per heavy atom. The van der Waals surface area contributed by atoms with Crippen molar-refractivity contribution in [2.45, 2.75) is 77.6 Å². The summed E-state index contributed by atoms with van der Waals surface area (Å²) in [5.41, 5.74) is -1.45. The van der Waals surface area contributed by atoms with Crippen LogP contribution in [0.2, 0.25) is 5.02 Å². The average Bonchev–Trinajstić information content (AvgIpc) is 3.42. The summed E-state index contributed by atoms with van der Waals surface area (Å²) in [6.07, 6.45) is 3.70. The summed E-state index contributed by atoms with van der Waals surface area (Å²) < 4.78 is 43.3. The lowest BCUT2D eigenvalue weighted by molar-refractivity contribution is -0.135. The molecule has 17 heteroatoms. The lowest BCUT2D eigenvalue weighted by Crippen LogP contribution is -2.49. The maximum Gasteiger partial charge on any atom is 0.411 e. The molecule has 0 spiro atoms. The number of H-pyrrole nitrogens is 1. The minimum Gasteiger partial charge on any atom is -0.465 e. The standard InChI is InChI=1S/C35H37ClF3N9O4/c1-18(29(49)43-22-7-8-22)11-27(20-6-10-25(36)23(12-20)28-40-17-41-46-28)48-30(50)35(16-34(2,3)4,45-32(48)44-33(51)52)24-9-5-19(13-26(24)37)21-14-42-47(15-21)31(38)39/h5-6,9-10,12-15,17-18,22,27,31H,7-8,11,16H2,1-4H3,(H,43,49)(H,44,45)(H,51,52)(H,40,41,46)/t18?,27-,35?/m0/s1. The molecular formula is C35H37ClF3N9O4. The van der Waals surface area contributed by atoms with Gasteiger partial charge in [0, 0.05) is 34.8 Å². The summed E-state index contributed by atoms with van der Waals surface area (Å²) in [5.74, 6) is -2.55. The molecule has 274 valence electrons. The molecule has 3 atom stereocenters. The molecule has 1 saturated carbocycles. The molecule has 4 aromatic rings. The Labute approximate surface area is 301 Å². The Balaban J connectivity index is 1.49. The van der Waals surface area contributed by atoms with Crippen molar-refractivity contribution in [1.82, 2.24) is 40.5 Å². The van der Waals surface area contributed by atoms with Crippen LogP contribution < -0.4 is 10.6 Å². The number of benzene rings is 2. The van der Waals surface area contributed by atoms with Crippen molar-refractivity contribution in [2.75, 3.05) is 0 Å². The third-order valence-corrected chi connectivity index (χ3v) is 9.29. The maximum atomic E-state index is 16.4. The summed E-state index contributed by atoms with van der Waals surface area (Å²) in [6.45, 7) is 4.31. The molecule has 0 bridgehead atoms. The van der Waals surface area contributed by atoms with Gasteiger partial charge in [-0.2, -0.15) is 19.0 Å². The van der Waals surface area contributed by atoms with E-state index in [4.69, 9.17) is 16.6 Å². The van der Waals surface area contributed by atoms with Gasteiger partial charge in [0.25, 0.3) is 5.91 Å². The number of hydrogen-bond acceptors (Lipinski definition) is 7. The molecule has 1 fully saturated rings. The van der Waals surface area contributed by atoms with Crippen LogP contribution in [0, 0.1) is 17.2 Å². The quantitative estimate of drug-likeness (QED) is 0.133. The van der Waals surface area contributed by atoms with Gasteiger partial charge in [-0.3, -0.25) is 24.9 Å². The molecule has 2 aromatic carbocycles. The van der Waals surface area contributed by atoms with E-state index in [0.717, 1.165) is 25.1 Å². The predicted molar refractivity (Wildman–Crippen MR) is 185 cm³/mol. The van der Waals surface area contributed by atoms with Crippen molar-refractivity contribution in [3.8, 4) is 22.5 Å². The second kappa shape index (κ2) is 14.1. The van der Waals surface area contributed by atoms with Crippen LogP contribution in [0.25, 0.3) is 22.5 Å². The third-order valence-electron chi connectivity index (χ3n) is 8.96. The van der Waals surface area contributed by atoms with E-state index in [9.17, 15) is 23.5 Å². The van der Waals surface area contributed by atoms with Gasteiger partial charge in [0.05, 0.1) is 17.3 Å². The van der Waals surface area contributed by atoms with Gasteiger partial charge in [0.15, 0.2) is 11.4 Å². The van der Waals surface area contributed by atoms with Crippen LogP contribution in [0.1, 0.15) is 77.1 Å². The van der Waals surface area contributed by atoms with E-state index in [0.29, 0.717) is 26.7 Å². The number of rotatable bonds is 11. The molecule has 4 N–H and O–H groups in total. The van der Waals surface area contributed by atoms with E-state index in [1.807, 2.05) is 20.8 Å². The van der Waals surface area contributed by atoms with E-state index in [1.54, 1.807) is 25.1 Å². The van der Waals surface area contributed by atoms with Crippen molar-refractivity contribution >= 4 is 35.5 Å². The normalized spacial score (nSPS) is 18.8. The first-order valence-corrected chi connectivity index (χ1v) is 17.0. The fourth-order valence-electron chi connectivity index (χ4n) is 6.50. The SMILES string of the molecule is CC(C[C@@H](c1ccc(Cl)c(-c2ncn[nH]2)c1)N1C(=O)C(CC(C)(C)C)(c2ccc(-c3cnn(C(F)F)c3)cc2F)N=C1NC(=O)O)C(=O)NC1CC1. The molecule has 52 heavy (non-hydrogen) atoms. The summed E-state index contributed by atoms with van der Waals surface area (Å²) in [4.78, 5) is 50.8. The van der Waals surface area contributed by atoms with Crippen molar-refractivity contribution in [1.29, 1.82) is 0 Å². The Morgan fingerprint density at radius 2 is 1.90 bits per heavy atom. The second-order valence-electron chi connectivity index (χ2n) is 14.3. The number of carbonyl (C=O) groups is 3. The molecule has 6 rings (SSSR count). The van der Waals surface area contributed by atoms with E-state index in [1.165, 1.54) is 29.6 Å². The average molecular weight is 740 g/mol. The summed E-state index contributed by atoms with van der Waals surface area (Å²) >= 11 is 6.56. The first kappa shape index (κ1) is 36.5. The van der Waals surface area contributed by atoms with Crippen LogP contribution in [0.3, 0.4) is 0 Å². The number of aliphatic imine (C=N–C) groups is 1. The van der Waals surface area contributed by atoms with E-state index in [2.05, 4.69) is 30.9 Å². The van der Waals surface area contributed by atoms with Crippen molar-refractivity contribution in [3.05, 3.63) is 77.1 Å². The first-order valence-electron chi connectivity index (χ1n) is 16.6. The fourth-order valence-corrected chi connectivity index (χ4v) is 6.71. The zero-order chi connectivity index (χ0) is 37.5. The Hall–Kier alpha value is -5.25. The number of carboxylic acid groups (broad SMARTS) is 1. The van der Waals surface area contributed by atoms with Gasteiger partial charge in [-0.15, -0.1) is 0 Å². The number of alkyl halides is 2. The number of aromatic nitrogens is 5. The molecule has 1 aliphatic heterocycles. The minimum absolute atomic E-state index is 0.0171.